The van der Waals surface area contributed by atoms with Crippen LogP contribution in [0.3, 0.4) is 0 Å². The molecule has 0 amide bonds. The van der Waals surface area contributed by atoms with Crippen molar-refractivity contribution in [3.63, 3.8) is 0 Å². The molecule has 1 rings (SSSR count). The maximum atomic E-state index is 12.2. The van der Waals surface area contributed by atoms with Gasteiger partial charge in [-0.2, -0.15) is 4.99 Å². The van der Waals surface area contributed by atoms with Crippen LogP contribution in [-0.4, -0.2) is 5.16 Å². The Balaban J connectivity index is 3.28. The molecule has 0 fully saturated rings. The fraction of sp³-hybridized carbons (Fsp3) is 0. The fourth-order valence-electron chi connectivity index (χ4n) is 0.831. The highest BCUT2D eigenvalue weighted by Gasteiger charge is 2.65. The van der Waals surface area contributed by atoms with Crippen LogP contribution in [0.5, 0.6) is 0 Å². The molecule has 1 nitrogen and oxygen atoms in total. The summed E-state index contributed by atoms with van der Waals surface area (Å²) in [6, 6.07) is 2.14. The van der Waals surface area contributed by atoms with Gasteiger partial charge in [0.15, 0.2) is 0 Å². The summed E-state index contributed by atoms with van der Waals surface area (Å²) in [4.78, 5) is 1.39. The molecule has 0 aliphatic rings. The largest absolute Gasteiger partial charge is 0.310 e. The first-order chi connectivity index (χ1) is 6.53. The Morgan fingerprint density at radius 3 is 1.80 bits per heavy atom. The van der Waals surface area contributed by atoms with Crippen molar-refractivity contribution in [2.75, 3.05) is 0 Å². The maximum Gasteiger partial charge on any atom is 0.310 e. The highest BCUT2D eigenvalue weighted by atomic mass is 32.5. The molecule has 0 bridgehead atoms. The lowest BCUT2D eigenvalue weighted by molar-refractivity contribution is 0.364. The lowest BCUT2D eigenvalue weighted by Crippen LogP contribution is -2.05. The van der Waals surface area contributed by atoms with E-state index in [4.69, 9.17) is 0 Å². The molecule has 0 aliphatic heterocycles. The fourth-order valence-corrected chi connectivity index (χ4v) is 1.59. The van der Waals surface area contributed by atoms with Gasteiger partial charge in [-0.1, -0.05) is 19.4 Å². The SMILES string of the molecule is FS(F)(F)(F)(F)c1ccc(N=C=S)cc1. The molecule has 0 unspecified atom stereocenters. The molecule has 0 aliphatic carbocycles. The first kappa shape index (κ1) is 12.1. The molecule has 8 heteroatoms. The molecule has 15 heavy (non-hydrogen) atoms. The van der Waals surface area contributed by atoms with Gasteiger partial charge in [0, 0.05) is 0 Å². The van der Waals surface area contributed by atoms with E-state index in [9.17, 15) is 19.4 Å². The average molecular weight is 261 g/mol. The Morgan fingerprint density at radius 2 is 1.47 bits per heavy atom. The number of halogens is 5. The van der Waals surface area contributed by atoms with Gasteiger partial charge in [0.05, 0.1) is 10.8 Å². The number of nitrogens with zero attached hydrogens (tertiary/aromatic N) is 1. The van der Waals surface area contributed by atoms with Gasteiger partial charge in [-0.3, -0.25) is 0 Å². The van der Waals surface area contributed by atoms with E-state index in [0.29, 0.717) is 0 Å². The van der Waals surface area contributed by atoms with Crippen molar-refractivity contribution in [3.8, 4) is 0 Å². The maximum absolute atomic E-state index is 12.2. The van der Waals surface area contributed by atoms with E-state index in [1.807, 2.05) is 5.16 Å². The summed E-state index contributed by atoms with van der Waals surface area (Å²) in [5.74, 6) is 0. The van der Waals surface area contributed by atoms with Gasteiger partial charge in [0.1, 0.15) is 4.90 Å². The van der Waals surface area contributed by atoms with Crippen molar-refractivity contribution in [1.29, 1.82) is 0 Å². The van der Waals surface area contributed by atoms with Gasteiger partial charge in [-0.15, -0.1) is 0 Å². The molecule has 0 heterocycles. The van der Waals surface area contributed by atoms with Crippen LogP contribution in [0.25, 0.3) is 0 Å². The van der Waals surface area contributed by atoms with Gasteiger partial charge in [0.25, 0.3) is 0 Å². The average Bonchev–Trinajstić information content (AvgIpc) is 2.01. The van der Waals surface area contributed by atoms with Crippen molar-refractivity contribution in [2.45, 2.75) is 4.90 Å². The van der Waals surface area contributed by atoms with Gasteiger partial charge in [-0.25, -0.2) is 0 Å². The zero-order valence-electron chi connectivity index (χ0n) is 6.96. The van der Waals surface area contributed by atoms with E-state index in [0.717, 1.165) is 12.1 Å². The summed E-state index contributed by atoms with van der Waals surface area (Å²) in [5, 5.41) is 1.91. The second-order valence-electron chi connectivity index (χ2n) is 2.67. The Kier molecular flexibility index (Phi) is 2.24. The Morgan fingerprint density at radius 1 is 1.00 bits per heavy atom. The third kappa shape index (κ3) is 3.26. The molecular formula is C7H4F5NS2. The van der Waals surface area contributed by atoms with Crippen molar-refractivity contribution >= 4 is 33.3 Å². The second-order valence-corrected chi connectivity index (χ2v) is 5.26. The summed E-state index contributed by atoms with van der Waals surface area (Å²) in [5.41, 5.74) is 0.0376. The minimum Gasteiger partial charge on any atom is -0.195 e. The molecule has 1 aromatic carbocycles. The molecule has 84 valence electrons. The first-order valence-corrected chi connectivity index (χ1v) is 5.81. The first-order valence-electron chi connectivity index (χ1n) is 3.45. The number of benzene rings is 1. The minimum atomic E-state index is -9.57. The smallest absolute Gasteiger partial charge is 0.195 e. The number of hydrogen-bond acceptors (Lipinski definition) is 2. The quantitative estimate of drug-likeness (QED) is 0.411. The highest BCUT2D eigenvalue weighted by molar-refractivity contribution is 8.45. The van der Waals surface area contributed by atoms with Crippen molar-refractivity contribution in [3.05, 3.63) is 24.3 Å². The zero-order chi connectivity index (χ0) is 11.8. The van der Waals surface area contributed by atoms with Crippen molar-refractivity contribution in [1.82, 2.24) is 0 Å². The van der Waals surface area contributed by atoms with Crippen LogP contribution in [0.1, 0.15) is 0 Å². The monoisotopic (exact) mass is 261 g/mol. The summed E-state index contributed by atoms with van der Waals surface area (Å²) in [7, 11) is -9.57. The van der Waals surface area contributed by atoms with Crippen LogP contribution in [0.4, 0.5) is 25.1 Å². The summed E-state index contributed by atoms with van der Waals surface area (Å²) >= 11 is 4.20. The molecule has 0 N–H and O–H groups in total. The van der Waals surface area contributed by atoms with E-state index in [1.165, 1.54) is 0 Å². The molecule has 0 saturated heterocycles. The third-order valence-electron chi connectivity index (χ3n) is 1.46. The standard InChI is InChI=1S/C7H4F5NS2/c8-15(9,10,11,12)7-3-1-6(2-4-7)13-5-14/h1-4H. The number of rotatable bonds is 2. The van der Waals surface area contributed by atoms with E-state index in [2.05, 4.69) is 17.2 Å². The second kappa shape index (κ2) is 2.78. The van der Waals surface area contributed by atoms with Gasteiger partial charge >= 0.3 is 10.2 Å². The van der Waals surface area contributed by atoms with Crippen LogP contribution >= 0.6 is 22.4 Å². The third-order valence-corrected chi connectivity index (χ3v) is 2.71. The van der Waals surface area contributed by atoms with Gasteiger partial charge < -0.3 is 0 Å². The Hall–Kier alpha value is -0.980. The van der Waals surface area contributed by atoms with E-state index < -0.39 is 15.1 Å². The Labute approximate surface area is 87.4 Å². The van der Waals surface area contributed by atoms with Crippen LogP contribution in [0, 0.1) is 0 Å². The van der Waals surface area contributed by atoms with Crippen LogP contribution in [-0.2, 0) is 0 Å². The number of hydrogen-bond donors (Lipinski definition) is 0. The molecule has 0 spiro atoms. The lowest BCUT2D eigenvalue weighted by Gasteiger charge is -2.40. The number of isothiocyanates is 1. The van der Waals surface area contributed by atoms with E-state index in [-0.39, 0.29) is 17.8 Å². The zero-order valence-corrected chi connectivity index (χ0v) is 8.60. The molecular weight excluding hydrogens is 257 g/mol. The summed E-state index contributed by atoms with van der Waals surface area (Å²) < 4.78 is 61.0. The summed E-state index contributed by atoms with van der Waals surface area (Å²) in [6.07, 6.45) is 0. The molecule has 0 aromatic heterocycles. The molecule has 1 aromatic rings. The van der Waals surface area contributed by atoms with Crippen molar-refractivity contribution < 1.29 is 19.4 Å². The van der Waals surface area contributed by atoms with Crippen molar-refractivity contribution in [2.24, 2.45) is 4.99 Å². The lowest BCUT2D eigenvalue weighted by atomic mass is 10.3. The Bertz CT molecular complexity index is 428. The molecule has 0 saturated carbocycles. The van der Waals surface area contributed by atoms with E-state index in [1.54, 1.807) is 0 Å². The van der Waals surface area contributed by atoms with Gasteiger partial charge in [0.2, 0.25) is 0 Å². The van der Waals surface area contributed by atoms with Crippen LogP contribution in [0.2, 0.25) is 0 Å². The van der Waals surface area contributed by atoms with Gasteiger partial charge in [-0.05, 0) is 36.5 Å². The predicted molar refractivity (Wildman–Crippen MR) is 52.5 cm³/mol. The molecule has 0 radical (unpaired) electrons. The molecule has 0 atom stereocenters. The highest BCUT2D eigenvalue weighted by Crippen LogP contribution is 3.02. The van der Waals surface area contributed by atoms with Crippen LogP contribution in [0.15, 0.2) is 34.2 Å². The number of aliphatic imine (C=N–C) groups is 1. The topological polar surface area (TPSA) is 12.4 Å². The predicted octanol–water partition coefficient (Wildman–Crippen LogP) is 5.08. The number of thiocarbonyl (C=S) groups is 1. The van der Waals surface area contributed by atoms with E-state index >= 15 is 0 Å². The normalized spacial score (nSPS) is 16.1. The summed E-state index contributed by atoms with van der Waals surface area (Å²) in [6.45, 7) is 0. The minimum absolute atomic E-state index is 0.0376. The van der Waals surface area contributed by atoms with Crippen LogP contribution < -0.4 is 0 Å².